The third kappa shape index (κ3) is 5.23. The Labute approximate surface area is 149 Å². The average Bonchev–Trinajstić information content (AvgIpc) is 2.51. The van der Waals surface area contributed by atoms with E-state index in [1.54, 1.807) is 12.1 Å². The minimum absolute atomic E-state index is 0.0188. The summed E-state index contributed by atoms with van der Waals surface area (Å²) in [5.74, 6) is 0.945. The Morgan fingerprint density at radius 3 is 2.50 bits per heavy atom. The topological polar surface area (TPSA) is 58.2 Å². The molecule has 0 saturated heterocycles. The lowest BCUT2D eigenvalue weighted by Gasteiger charge is -2.35. The number of amides is 2. The summed E-state index contributed by atoms with van der Waals surface area (Å²) in [5, 5.41) is 6.66. The standard InChI is InChI=1S/C19H27ClN2O2/c1-12-5-4-6-17(13(12)2)22-19(24)11-18(21-14(3)23)15-7-9-16(20)10-8-15/h7-10,12-13,17-18H,4-6,11H2,1-3H3,(H,21,23)(H,22,24). The summed E-state index contributed by atoms with van der Waals surface area (Å²) in [6.07, 6.45) is 3.65. The van der Waals surface area contributed by atoms with Crippen molar-refractivity contribution in [2.24, 2.45) is 11.8 Å². The second kappa shape index (κ2) is 8.52. The van der Waals surface area contributed by atoms with Crippen molar-refractivity contribution in [1.82, 2.24) is 10.6 Å². The van der Waals surface area contributed by atoms with Crippen molar-refractivity contribution in [3.63, 3.8) is 0 Å². The van der Waals surface area contributed by atoms with Crippen molar-refractivity contribution < 1.29 is 9.59 Å². The van der Waals surface area contributed by atoms with Crippen LogP contribution in [0.15, 0.2) is 24.3 Å². The minimum atomic E-state index is -0.337. The molecule has 1 saturated carbocycles. The highest BCUT2D eigenvalue weighted by Gasteiger charge is 2.29. The lowest BCUT2D eigenvalue weighted by molar-refractivity contribution is -0.123. The smallest absolute Gasteiger partial charge is 0.222 e. The summed E-state index contributed by atoms with van der Waals surface area (Å²) in [6.45, 7) is 5.92. The van der Waals surface area contributed by atoms with E-state index in [-0.39, 0.29) is 30.3 Å². The Morgan fingerprint density at radius 2 is 1.88 bits per heavy atom. The molecule has 1 fully saturated rings. The molecular formula is C19H27ClN2O2. The van der Waals surface area contributed by atoms with Gasteiger partial charge in [0.25, 0.3) is 0 Å². The average molecular weight is 351 g/mol. The van der Waals surface area contributed by atoms with Crippen LogP contribution in [-0.2, 0) is 9.59 Å². The Hall–Kier alpha value is -1.55. The fourth-order valence-corrected chi connectivity index (χ4v) is 3.56. The van der Waals surface area contributed by atoms with Gasteiger partial charge >= 0.3 is 0 Å². The van der Waals surface area contributed by atoms with Crippen LogP contribution in [0.5, 0.6) is 0 Å². The lowest BCUT2D eigenvalue weighted by atomic mass is 9.78. The molecular weight excluding hydrogens is 324 g/mol. The predicted molar refractivity (Wildman–Crippen MR) is 96.7 cm³/mol. The van der Waals surface area contributed by atoms with E-state index in [1.165, 1.54) is 13.3 Å². The molecule has 1 aliphatic carbocycles. The number of halogens is 1. The highest BCUT2D eigenvalue weighted by atomic mass is 35.5. The second-order valence-corrected chi connectivity index (χ2v) is 7.39. The first kappa shape index (κ1) is 18.8. The third-order valence-corrected chi connectivity index (χ3v) is 5.34. The molecule has 24 heavy (non-hydrogen) atoms. The summed E-state index contributed by atoms with van der Waals surface area (Å²) in [6, 6.07) is 7.13. The fourth-order valence-electron chi connectivity index (χ4n) is 3.43. The summed E-state index contributed by atoms with van der Waals surface area (Å²) in [5.41, 5.74) is 0.884. The number of carbonyl (C=O) groups is 2. The molecule has 1 aromatic carbocycles. The largest absolute Gasteiger partial charge is 0.353 e. The molecule has 2 rings (SSSR count). The zero-order valence-corrected chi connectivity index (χ0v) is 15.4. The third-order valence-electron chi connectivity index (χ3n) is 5.09. The number of carbonyl (C=O) groups excluding carboxylic acids is 2. The van der Waals surface area contributed by atoms with Crippen LogP contribution in [0.1, 0.15) is 58.1 Å². The number of rotatable bonds is 5. The molecule has 0 aliphatic heterocycles. The summed E-state index contributed by atoms with van der Waals surface area (Å²) < 4.78 is 0. The Bertz CT molecular complexity index is 573. The van der Waals surface area contributed by atoms with E-state index in [4.69, 9.17) is 11.6 Å². The first-order chi connectivity index (χ1) is 11.4. The first-order valence-electron chi connectivity index (χ1n) is 8.68. The number of hydrogen-bond donors (Lipinski definition) is 2. The van der Waals surface area contributed by atoms with Crippen molar-refractivity contribution in [2.45, 2.75) is 58.5 Å². The van der Waals surface area contributed by atoms with Crippen LogP contribution in [0.3, 0.4) is 0 Å². The van der Waals surface area contributed by atoms with Gasteiger partial charge in [0.05, 0.1) is 12.5 Å². The van der Waals surface area contributed by atoms with Crippen molar-refractivity contribution in [3.8, 4) is 0 Å². The van der Waals surface area contributed by atoms with Gasteiger partial charge in [-0.2, -0.15) is 0 Å². The molecule has 0 aromatic heterocycles. The first-order valence-corrected chi connectivity index (χ1v) is 9.06. The van der Waals surface area contributed by atoms with E-state index in [2.05, 4.69) is 24.5 Å². The minimum Gasteiger partial charge on any atom is -0.353 e. The van der Waals surface area contributed by atoms with Gasteiger partial charge in [-0.1, -0.05) is 50.4 Å². The van der Waals surface area contributed by atoms with Crippen LogP contribution in [-0.4, -0.2) is 17.9 Å². The van der Waals surface area contributed by atoms with Crippen molar-refractivity contribution in [2.75, 3.05) is 0 Å². The maximum Gasteiger partial charge on any atom is 0.222 e. The SMILES string of the molecule is CC(=O)NC(CC(=O)NC1CCCC(C)C1C)c1ccc(Cl)cc1. The van der Waals surface area contributed by atoms with Crippen LogP contribution in [0.4, 0.5) is 0 Å². The molecule has 2 amide bonds. The predicted octanol–water partition coefficient (Wildman–Crippen LogP) is 3.85. The van der Waals surface area contributed by atoms with E-state index in [1.807, 2.05) is 12.1 Å². The Kier molecular flexibility index (Phi) is 6.67. The van der Waals surface area contributed by atoms with Gasteiger partial charge < -0.3 is 10.6 Å². The van der Waals surface area contributed by atoms with Gasteiger partial charge in [-0.15, -0.1) is 0 Å². The van der Waals surface area contributed by atoms with Gasteiger partial charge in [-0.05, 0) is 36.0 Å². The van der Waals surface area contributed by atoms with E-state index >= 15 is 0 Å². The van der Waals surface area contributed by atoms with E-state index in [0.29, 0.717) is 16.9 Å². The van der Waals surface area contributed by atoms with Crippen LogP contribution in [0.2, 0.25) is 5.02 Å². The van der Waals surface area contributed by atoms with E-state index < -0.39 is 0 Å². The van der Waals surface area contributed by atoms with Gasteiger partial charge in [-0.25, -0.2) is 0 Å². The van der Waals surface area contributed by atoms with Crippen LogP contribution >= 0.6 is 11.6 Å². The highest BCUT2D eigenvalue weighted by Crippen LogP contribution is 2.29. The normalized spacial score (nSPS) is 24.9. The molecule has 0 radical (unpaired) electrons. The molecule has 4 unspecified atom stereocenters. The molecule has 132 valence electrons. The Morgan fingerprint density at radius 1 is 1.21 bits per heavy atom. The monoisotopic (exact) mass is 350 g/mol. The molecule has 4 nitrogen and oxygen atoms in total. The zero-order valence-electron chi connectivity index (χ0n) is 14.6. The molecule has 5 heteroatoms. The zero-order chi connectivity index (χ0) is 17.7. The van der Waals surface area contributed by atoms with Gasteiger partial charge in [-0.3, -0.25) is 9.59 Å². The van der Waals surface area contributed by atoms with Gasteiger partial charge in [0.1, 0.15) is 0 Å². The number of nitrogens with one attached hydrogen (secondary N) is 2. The summed E-state index contributed by atoms with van der Waals surface area (Å²) >= 11 is 5.92. The molecule has 1 aromatic rings. The van der Waals surface area contributed by atoms with Crippen LogP contribution in [0.25, 0.3) is 0 Å². The van der Waals surface area contributed by atoms with Crippen LogP contribution < -0.4 is 10.6 Å². The van der Waals surface area contributed by atoms with Crippen molar-refractivity contribution >= 4 is 23.4 Å². The van der Waals surface area contributed by atoms with E-state index in [0.717, 1.165) is 18.4 Å². The maximum atomic E-state index is 12.5. The quantitative estimate of drug-likeness (QED) is 0.847. The second-order valence-electron chi connectivity index (χ2n) is 6.95. The fraction of sp³-hybridized carbons (Fsp3) is 0.579. The maximum absolute atomic E-state index is 12.5. The van der Waals surface area contributed by atoms with Crippen molar-refractivity contribution in [3.05, 3.63) is 34.9 Å². The number of hydrogen-bond acceptors (Lipinski definition) is 2. The highest BCUT2D eigenvalue weighted by molar-refractivity contribution is 6.30. The Balaban J connectivity index is 2.01. The molecule has 1 aliphatic rings. The molecule has 0 bridgehead atoms. The van der Waals surface area contributed by atoms with Crippen LogP contribution in [0, 0.1) is 11.8 Å². The summed E-state index contributed by atoms with van der Waals surface area (Å²) in [7, 11) is 0. The van der Waals surface area contributed by atoms with E-state index in [9.17, 15) is 9.59 Å². The molecule has 2 N–H and O–H groups in total. The van der Waals surface area contributed by atoms with Gasteiger partial charge in [0.2, 0.25) is 11.8 Å². The van der Waals surface area contributed by atoms with Gasteiger partial charge in [0, 0.05) is 18.0 Å². The van der Waals surface area contributed by atoms with Gasteiger partial charge in [0.15, 0.2) is 0 Å². The lowest BCUT2D eigenvalue weighted by Crippen LogP contribution is -2.44. The van der Waals surface area contributed by atoms with Crippen molar-refractivity contribution in [1.29, 1.82) is 0 Å². The molecule has 0 spiro atoms. The number of benzene rings is 1. The summed E-state index contributed by atoms with van der Waals surface area (Å²) in [4.78, 5) is 24.0. The molecule has 0 heterocycles. The molecule has 4 atom stereocenters.